The Bertz CT molecular complexity index is 492. The summed E-state index contributed by atoms with van der Waals surface area (Å²) in [7, 11) is 1.48. The molecule has 0 bridgehead atoms. The molecule has 0 radical (unpaired) electrons. The highest BCUT2D eigenvalue weighted by atomic mass is 19.1. The molecule has 6 heteroatoms. The van der Waals surface area contributed by atoms with E-state index >= 15 is 0 Å². The van der Waals surface area contributed by atoms with Crippen molar-refractivity contribution in [2.75, 3.05) is 25.6 Å². The van der Waals surface area contributed by atoms with Crippen molar-refractivity contribution < 1.29 is 18.7 Å². The lowest BCUT2D eigenvalue weighted by molar-refractivity contribution is -0.139. The minimum absolute atomic E-state index is 0.0743. The fourth-order valence-electron chi connectivity index (χ4n) is 1.13. The number of rotatable bonds is 6. The van der Waals surface area contributed by atoms with E-state index in [9.17, 15) is 9.18 Å². The lowest BCUT2D eigenvalue weighted by Crippen LogP contribution is -2.12. The van der Waals surface area contributed by atoms with E-state index in [1.165, 1.54) is 37.6 Å². The zero-order chi connectivity index (χ0) is 14.1. The number of halogens is 1. The van der Waals surface area contributed by atoms with Gasteiger partial charge in [-0.05, 0) is 24.3 Å². The van der Waals surface area contributed by atoms with E-state index in [1.54, 1.807) is 6.07 Å². The van der Waals surface area contributed by atoms with Crippen LogP contribution in [0.3, 0.4) is 0 Å². The van der Waals surface area contributed by atoms with Crippen molar-refractivity contribution in [1.29, 1.82) is 5.26 Å². The summed E-state index contributed by atoms with van der Waals surface area (Å²) < 4.78 is 22.2. The molecule has 19 heavy (non-hydrogen) atoms. The maximum absolute atomic E-state index is 12.7. The second-order valence-electron chi connectivity index (χ2n) is 3.45. The minimum atomic E-state index is -0.742. The molecule has 0 amide bonds. The van der Waals surface area contributed by atoms with Gasteiger partial charge in [-0.15, -0.1) is 0 Å². The molecule has 0 saturated heterocycles. The third kappa shape index (κ3) is 5.19. The number of carbonyl (C=O) groups is 1. The fraction of sp³-hybridized carbons (Fsp3) is 0.231. The molecular weight excluding hydrogens is 251 g/mol. The Hall–Kier alpha value is -2.39. The number of nitrogens with one attached hydrogen (secondary N) is 1. The smallest absolute Gasteiger partial charge is 0.350 e. The molecule has 0 aliphatic carbocycles. The molecule has 0 aromatic heterocycles. The zero-order valence-corrected chi connectivity index (χ0v) is 10.4. The summed E-state index contributed by atoms with van der Waals surface area (Å²) in [4.78, 5) is 11.5. The van der Waals surface area contributed by atoms with Gasteiger partial charge in [-0.1, -0.05) is 0 Å². The van der Waals surface area contributed by atoms with E-state index in [4.69, 9.17) is 14.7 Å². The molecule has 1 rings (SSSR count). The number of hydrogen-bond acceptors (Lipinski definition) is 5. The summed E-state index contributed by atoms with van der Waals surface area (Å²) in [5.41, 5.74) is 0.374. The van der Waals surface area contributed by atoms with Crippen LogP contribution in [0.5, 0.6) is 0 Å². The molecular formula is C13H13FN2O3. The van der Waals surface area contributed by atoms with Gasteiger partial charge < -0.3 is 14.8 Å². The van der Waals surface area contributed by atoms with E-state index in [2.05, 4.69) is 5.32 Å². The first-order valence-electron chi connectivity index (χ1n) is 5.46. The highest BCUT2D eigenvalue weighted by Gasteiger charge is 2.09. The molecule has 5 nitrogen and oxygen atoms in total. The molecule has 0 aliphatic rings. The van der Waals surface area contributed by atoms with Gasteiger partial charge in [0, 0.05) is 19.0 Å². The van der Waals surface area contributed by atoms with Crippen LogP contribution in [0.15, 0.2) is 36.0 Å². The van der Waals surface area contributed by atoms with E-state index in [1.807, 2.05) is 0 Å². The topological polar surface area (TPSA) is 71.3 Å². The third-order valence-electron chi connectivity index (χ3n) is 2.09. The van der Waals surface area contributed by atoms with Crippen LogP contribution in [-0.2, 0) is 14.3 Å². The van der Waals surface area contributed by atoms with Gasteiger partial charge in [-0.25, -0.2) is 9.18 Å². The van der Waals surface area contributed by atoms with E-state index in [0.717, 1.165) is 0 Å². The Morgan fingerprint density at radius 3 is 2.68 bits per heavy atom. The van der Waals surface area contributed by atoms with Crippen LogP contribution in [0.1, 0.15) is 0 Å². The van der Waals surface area contributed by atoms with Crippen molar-refractivity contribution in [3.05, 3.63) is 41.9 Å². The third-order valence-corrected chi connectivity index (χ3v) is 2.09. The van der Waals surface area contributed by atoms with Gasteiger partial charge in [-0.2, -0.15) is 5.26 Å². The van der Waals surface area contributed by atoms with E-state index < -0.39 is 5.97 Å². The Labute approximate surface area is 110 Å². The second kappa shape index (κ2) is 7.84. The van der Waals surface area contributed by atoms with Crippen molar-refractivity contribution in [3.63, 3.8) is 0 Å². The Kier molecular flexibility index (Phi) is 6.06. The van der Waals surface area contributed by atoms with E-state index in [-0.39, 0.29) is 24.6 Å². The first-order valence-corrected chi connectivity index (χ1v) is 5.46. The lowest BCUT2D eigenvalue weighted by atomic mass is 10.3. The molecule has 1 aromatic carbocycles. The number of esters is 1. The first-order chi connectivity index (χ1) is 9.17. The van der Waals surface area contributed by atoms with Gasteiger partial charge in [0.25, 0.3) is 0 Å². The molecule has 0 fully saturated rings. The number of benzene rings is 1. The molecule has 0 atom stereocenters. The number of carbonyl (C=O) groups excluding carboxylic acids is 1. The fourth-order valence-corrected chi connectivity index (χ4v) is 1.13. The quantitative estimate of drug-likeness (QED) is 0.367. The maximum atomic E-state index is 12.7. The predicted molar refractivity (Wildman–Crippen MR) is 66.6 cm³/mol. The van der Waals surface area contributed by atoms with Crippen molar-refractivity contribution in [3.8, 4) is 6.07 Å². The Balaban J connectivity index is 2.59. The normalized spacial score (nSPS) is 10.7. The van der Waals surface area contributed by atoms with Gasteiger partial charge in [0.15, 0.2) is 5.57 Å². The summed E-state index contributed by atoms with van der Waals surface area (Å²) >= 11 is 0. The molecule has 1 aromatic rings. The van der Waals surface area contributed by atoms with Crippen molar-refractivity contribution >= 4 is 11.7 Å². The number of ether oxygens (including phenoxy) is 2. The van der Waals surface area contributed by atoms with Crippen LogP contribution < -0.4 is 5.32 Å². The SMILES string of the molecule is COCCOC(=O)C(C#N)=CNc1ccc(F)cc1. The van der Waals surface area contributed by atoms with Crippen LogP contribution in [0, 0.1) is 17.1 Å². The van der Waals surface area contributed by atoms with Gasteiger partial charge >= 0.3 is 5.97 Å². The lowest BCUT2D eigenvalue weighted by Gasteiger charge is -2.04. The Morgan fingerprint density at radius 1 is 1.42 bits per heavy atom. The van der Waals surface area contributed by atoms with Gasteiger partial charge in [-0.3, -0.25) is 0 Å². The van der Waals surface area contributed by atoms with Crippen molar-refractivity contribution in [1.82, 2.24) is 0 Å². The summed E-state index contributed by atoms with van der Waals surface area (Å²) in [6.45, 7) is 0.334. The van der Waals surface area contributed by atoms with Crippen molar-refractivity contribution in [2.24, 2.45) is 0 Å². The maximum Gasteiger partial charge on any atom is 0.350 e. The molecule has 0 unspecified atom stereocenters. The average Bonchev–Trinajstić information content (AvgIpc) is 2.42. The number of anilines is 1. The number of methoxy groups -OCH3 is 1. The van der Waals surface area contributed by atoms with Crippen molar-refractivity contribution in [2.45, 2.75) is 0 Å². The summed E-state index contributed by atoms with van der Waals surface area (Å²) in [6, 6.07) is 7.21. The van der Waals surface area contributed by atoms with Crippen LogP contribution in [-0.4, -0.2) is 26.3 Å². The van der Waals surface area contributed by atoms with Crippen LogP contribution >= 0.6 is 0 Å². The van der Waals surface area contributed by atoms with Gasteiger partial charge in [0.1, 0.15) is 18.5 Å². The second-order valence-corrected chi connectivity index (χ2v) is 3.45. The highest BCUT2D eigenvalue weighted by molar-refractivity contribution is 5.93. The standard InChI is InChI=1S/C13H13FN2O3/c1-18-6-7-19-13(17)10(8-15)9-16-12-4-2-11(14)3-5-12/h2-5,9,16H,6-7H2,1H3. The van der Waals surface area contributed by atoms with Gasteiger partial charge in [0.2, 0.25) is 0 Å². The molecule has 0 spiro atoms. The number of nitriles is 1. The highest BCUT2D eigenvalue weighted by Crippen LogP contribution is 2.09. The molecule has 0 aliphatic heterocycles. The van der Waals surface area contributed by atoms with E-state index in [0.29, 0.717) is 5.69 Å². The monoisotopic (exact) mass is 264 g/mol. The Morgan fingerprint density at radius 2 is 2.11 bits per heavy atom. The summed E-state index contributed by atoms with van der Waals surface area (Å²) in [5.74, 6) is -1.11. The van der Waals surface area contributed by atoms with Crippen LogP contribution in [0.4, 0.5) is 10.1 Å². The first kappa shape index (κ1) is 14.7. The number of nitrogens with zero attached hydrogens (tertiary/aromatic N) is 1. The summed E-state index contributed by atoms with van der Waals surface area (Å²) in [6.07, 6.45) is 1.21. The largest absolute Gasteiger partial charge is 0.459 e. The zero-order valence-electron chi connectivity index (χ0n) is 10.4. The summed E-state index contributed by atoms with van der Waals surface area (Å²) in [5, 5.41) is 11.5. The molecule has 100 valence electrons. The molecule has 1 N–H and O–H groups in total. The van der Waals surface area contributed by atoms with Crippen LogP contribution in [0.2, 0.25) is 0 Å². The van der Waals surface area contributed by atoms with Crippen LogP contribution in [0.25, 0.3) is 0 Å². The minimum Gasteiger partial charge on any atom is -0.459 e. The van der Waals surface area contributed by atoms with Gasteiger partial charge in [0.05, 0.1) is 6.61 Å². The molecule has 0 heterocycles. The predicted octanol–water partition coefficient (Wildman–Crippen LogP) is 1.83. The number of hydrogen-bond donors (Lipinski definition) is 1. The average molecular weight is 264 g/mol. The molecule has 0 saturated carbocycles.